The highest BCUT2D eigenvalue weighted by atomic mass is 79.9. The number of benzene rings is 2. The van der Waals surface area contributed by atoms with Crippen molar-refractivity contribution in [3.05, 3.63) is 58.3 Å². The van der Waals surface area contributed by atoms with E-state index in [4.69, 9.17) is 9.92 Å². The van der Waals surface area contributed by atoms with Crippen LogP contribution in [0.4, 0.5) is 4.39 Å². The molecule has 8 heteroatoms. The van der Waals surface area contributed by atoms with Gasteiger partial charge in [-0.3, -0.25) is 4.79 Å². The summed E-state index contributed by atoms with van der Waals surface area (Å²) < 4.78 is 43.1. The molecule has 1 amide bonds. The van der Waals surface area contributed by atoms with Crippen molar-refractivity contribution in [2.75, 3.05) is 0 Å². The highest BCUT2D eigenvalue weighted by Crippen LogP contribution is 2.26. The van der Waals surface area contributed by atoms with Gasteiger partial charge in [-0.05, 0) is 30.3 Å². The van der Waals surface area contributed by atoms with E-state index in [9.17, 15) is 17.6 Å². The van der Waals surface area contributed by atoms with Crippen LogP contribution >= 0.6 is 15.9 Å². The van der Waals surface area contributed by atoms with Gasteiger partial charge in [0, 0.05) is 4.47 Å². The summed E-state index contributed by atoms with van der Waals surface area (Å²) in [5.74, 6) is -2.07. The van der Waals surface area contributed by atoms with E-state index in [1.54, 1.807) is 0 Å². The van der Waals surface area contributed by atoms with Gasteiger partial charge in [-0.1, -0.05) is 28.1 Å². The molecule has 5 nitrogen and oxygen atoms in total. The molecular formula is C13H9BrFNO4S. The van der Waals surface area contributed by atoms with Gasteiger partial charge in [-0.25, -0.2) is 4.39 Å². The lowest BCUT2D eigenvalue weighted by molar-refractivity contribution is 0.0999. The molecular weight excluding hydrogens is 365 g/mol. The number of nitrogens with two attached hydrogens (primary N) is 1. The van der Waals surface area contributed by atoms with Crippen LogP contribution in [0.25, 0.3) is 0 Å². The fraction of sp³-hybridized carbons (Fsp3) is 0. The van der Waals surface area contributed by atoms with E-state index in [0.29, 0.717) is 4.47 Å². The largest absolute Gasteiger partial charge is 0.378 e. The van der Waals surface area contributed by atoms with Gasteiger partial charge >= 0.3 is 10.1 Å². The zero-order chi connectivity index (χ0) is 15.6. The van der Waals surface area contributed by atoms with Crippen molar-refractivity contribution in [1.82, 2.24) is 0 Å². The van der Waals surface area contributed by atoms with E-state index in [2.05, 4.69) is 15.9 Å². The summed E-state index contributed by atoms with van der Waals surface area (Å²) >= 11 is 3.05. The Labute approximate surface area is 128 Å². The zero-order valence-corrected chi connectivity index (χ0v) is 12.8. The summed E-state index contributed by atoms with van der Waals surface area (Å²) in [5.41, 5.74) is 5.02. The minimum atomic E-state index is -4.44. The van der Waals surface area contributed by atoms with Gasteiger partial charge in [0.25, 0.3) is 5.91 Å². The first-order chi connectivity index (χ1) is 9.81. The Balaban J connectivity index is 2.48. The average Bonchev–Trinajstić information content (AvgIpc) is 2.41. The normalized spacial score (nSPS) is 11.1. The van der Waals surface area contributed by atoms with Crippen molar-refractivity contribution in [2.24, 2.45) is 5.73 Å². The van der Waals surface area contributed by atoms with Crippen LogP contribution in [0.3, 0.4) is 0 Å². The first-order valence-corrected chi connectivity index (χ1v) is 7.80. The average molecular weight is 374 g/mol. The Hall–Kier alpha value is -1.93. The highest BCUT2D eigenvalue weighted by molar-refractivity contribution is 9.10. The predicted molar refractivity (Wildman–Crippen MR) is 76.9 cm³/mol. The van der Waals surface area contributed by atoms with Crippen molar-refractivity contribution in [1.29, 1.82) is 0 Å². The molecule has 0 aliphatic carbocycles. The lowest BCUT2D eigenvalue weighted by Gasteiger charge is -2.10. The van der Waals surface area contributed by atoms with Gasteiger partial charge in [0.05, 0.1) is 5.56 Å². The lowest BCUT2D eigenvalue weighted by Crippen LogP contribution is -2.17. The number of carbonyl (C=O) groups is 1. The number of amides is 1. The molecule has 0 heterocycles. The summed E-state index contributed by atoms with van der Waals surface area (Å²) in [6.45, 7) is 0. The molecule has 0 aliphatic heterocycles. The topological polar surface area (TPSA) is 86.5 Å². The maximum absolute atomic E-state index is 13.7. The first kappa shape index (κ1) is 15.5. The number of primary amides is 1. The van der Waals surface area contributed by atoms with Gasteiger partial charge < -0.3 is 9.92 Å². The number of rotatable bonds is 4. The van der Waals surface area contributed by atoms with Crippen LogP contribution in [0.15, 0.2) is 51.8 Å². The van der Waals surface area contributed by atoms with Gasteiger partial charge in [0.1, 0.15) is 10.7 Å². The molecule has 0 bridgehead atoms. The third-order valence-corrected chi connectivity index (χ3v) is 4.26. The van der Waals surface area contributed by atoms with E-state index in [-0.39, 0.29) is 11.3 Å². The number of hydrogen-bond acceptors (Lipinski definition) is 4. The van der Waals surface area contributed by atoms with Gasteiger partial charge in [-0.2, -0.15) is 8.42 Å². The fourth-order valence-electron chi connectivity index (χ4n) is 1.57. The third kappa shape index (κ3) is 3.40. The van der Waals surface area contributed by atoms with Crippen LogP contribution in [0.5, 0.6) is 5.75 Å². The van der Waals surface area contributed by atoms with E-state index in [1.165, 1.54) is 30.3 Å². The molecule has 0 saturated carbocycles. The van der Waals surface area contributed by atoms with Crippen LogP contribution < -0.4 is 9.92 Å². The Morgan fingerprint density at radius 1 is 1.19 bits per heavy atom. The summed E-state index contributed by atoms with van der Waals surface area (Å²) in [5, 5.41) is 0. The molecule has 0 aliphatic rings. The van der Waals surface area contributed by atoms with E-state index >= 15 is 0 Å². The number of halogens is 2. The molecule has 0 aromatic heterocycles. The number of carbonyl (C=O) groups excluding carboxylic acids is 1. The SMILES string of the molecule is NC(=O)c1ccccc1OS(=O)(=O)c1cc(Br)ccc1F. The molecule has 110 valence electrons. The van der Waals surface area contributed by atoms with Crippen LogP contribution in [0.1, 0.15) is 10.4 Å². The monoisotopic (exact) mass is 373 g/mol. The van der Waals surface area contributed by atoms with Crippen LogP contribution in [-0.4, -0.2) is 14.3 Å². The van der Waals surface area contributed by atoms with Gasteiger partial charge in [0.2, 0.25) is 0 Å². The second-order valence-corrected chi connectivity index (χ2v) is 6.40. The van der Waals surface area contributed by atoms with Crippen molar-refractivity contribution >= 4 is 32.0 Å². The summed E-state index contributed by atoms with van der Waals surface area (Å²) in [7, 11) is -4.44. The molecule has 2 aromatic rings. The summed E-state index contributed by atoms with van der Waals surface area (Å²) in [6, 6.07) is 8.94. The second kappa shape index (κ2) is 5.82. The molecule has 0 fully saturated rings. The van der Waals surface area contributed by atoms with Crippen molar-refractivity contribution < 1.29 is 21.8 Å². The molecule has 2 N–H and O–H groups in total. The molecule has 0 atom stereocenters. The molecule has 0 saturated heterocycles. The zero-order valence-electron chi connectivity index (χ0n) is 10.4. The Morgan fingerprint density at radius 3 is 2.52 bits per heavy atom. The summed E-state index contributed by atoms with van der Waals surface area (Å²) in [4.78, 5) is 10.6. The summed E-state index contributed by atoms with van der Waals surface area (Å²) in [6.07, 6.45) is 0. The molecule has 2 rings (SSSR count). The molecule has 0 unspecified atom stereocenters. The predicted octanol–water partition coefficient (Wildman–Crippen LogP) is 2.45. The smallest absolute Gasteiger partial charge is 0.342 e. The van der Waals surface area contributed by atoms with E-state index < -0.39 is 26.7 Å². The quantitative estimate of drug-likeness (QED) is 0.833. The number of hydrogen-bond donors (Lipinski definition) is 1. The number of para-hydroxylation sites is 1. The van der Waals surface area contributed by atoms with Gasteiger partial charge in [0.15, 0.2) is 5.75 Å². The van der Waals surface area contributed by atoms with Crippen LogP contribution in [0, 0.1) is 5.82 Å². The van der Waals surface area contributed by atoms with E-state index in [1.807, 2.05) is 0 Å². The van der Waals surface area contributed by atoms with Crippen molar-refractivity contribution in [3.8, 4) is 5.75 Å². The third-order valence-electron chi connectivity index (χ3n) is 2.51. The molecule has 0 radical (unpaired) electrons. The molecule has 0 spiro atoms. The fourth-order valence-corrected chi connectivity index (χ4v) is 3.14. The maximum Gasteiger partial charge on any atom is 0.342 e. The Morgan fingerprint density at radius 2 is 1.86 bits per heavy atom. The standard InChI is InChI=1S/C13H9BrFNO4S/c14-8-5-6-10(15)12(7-8)21(18,19)20-11-4-2-1-3-9(11)13(16)17/h1-7H,(H2,16,17). The highest BCUT2D eigenvalue weighted by Gasteiger charge is 2.23. The Bertz CT molecular complexity index is 808. The minimum Gasteiger partial charge on any atom is -0.378 e. The minimum absolute atomic E-state index is 0.114. The van der Waals surface area contributed by atoms with Crippen molar-refractivity contribution in [3.63, 3.8) is 0 Å². The van der Waals surface area contributed by atoms with E-state index in [0.717, 1.165) is 12.1 Å². The Kier molecular flexibility index (Phi) is 4.29. The second-order valence-electron chi connectivity index (χ2n) is 3.97. The first-order valence-electron chi connectivity index (χ1n) is 5.59. The lowest BCUT2D eigenvalue weighted by atomic mass is 10.2. The van der Waals surface area contributed by atoms with Gasteiger partial charge in [-0.15, -0.1) is 0 Å². The van der Waals surface area contributed by atoms with Crippen LogP contribution in [-0.2, 0) is 10.1 Å². The maximum atomic E-state index is 13.7. The molecule has 21 heavy (non-hydrogen) atoms. The van der Waals surface area contributed by atoms with Crippen LogP contribution in [0.2, 0.25) is 0 Å². The molecule has 2 aromatic carbocycles. The van der Waals surface area contributed by atoms with Crippen molar-refractivity contribution in [2.45, 2.75) is 4.90 Å².